The molecule has 0 aliphatic heterocycles. The molecule has 1 aromatic rings. The van der Waals surface area contributed by atoms with Crippen molar-refractivity contribution in [1.29, 1.82) is 0 Å². The number of hydrogen-bond acceptors (Lipinski definition) is 5. The third kappa shape index (κ3) is 4.75. The van der Waals surface area contributed by atoms with Crippen molar-refractivity contribution in [2.45, 2.75) is 19.8 Å². The number of nitro benzene ring substituents is 1. The predicted octanol–water partition coefficient (Wildman–Crippen LogP) is 2.30. The Hall–Kier alpha value is -2.64. The molecule has 0 fully saturated rings. The molecule has 8 nitrogen and oxygen atoms in total. The summed E-state index contributed by atoms with van der Waals surface area (Å²) in [5.74, 6) is -0.686. The Balaban J connectivity index is 2.95. The molecule has 0 atom stereocenters. The van der Waals surface area contributed by atoms with Crippen molar-refractivity contribution in [2.75, 3.05) is 19.0 Å². The van der Waals surface area contributed by atoms with E-state index in [9.17, 15) is 19.7 Å². The number of rotatable bonds is 6. The number of hydrogen-bond donors (Lipinski definition) is 2. The van der Waals surface area contributed by atoms with Crippen LogP contribution in [0.15, 0.2) is 18.2 Å². The van der Waals surface area contributed by atoms with Gasteiger partial charge in [0.2, 0.25) is 0 Å². The fourth-order valence-corrected chi connectivity index (χ4v) is 1.58. The summed E-state index contributed by atoms with van der Waals surface area (Å²) in [6.07, 6.45) is 1.73. The predicted molar refractivity (Wildman–Crippen MR) is 76.4 cm³/mol. The number of unbranched alkanes of at least 4 members (excludes halogenated alkanes) is 1. The maximum atomic E-state index is 11.7. The maximum absolute atomic E-state index is 11.7. The minimum Gasteiger partial charge on any atom is -0.465 e. The second-order valence-electron chi connectivity index (χ2n) is 4.21. The van der Waals surface area contributed by atoms with E-state index >= 15 is 0 Å². The summed E-state index contributed by atoms with van der Waals surface area (Å²) in [5.41, 5.74) is -0.148. The van der Waals surface area contributed by atoms with E-state index in [2.05, 4.69) is 15.4 Å². The first kappa shape index (κ1) is 16.4. The van der Waals surface area contributed by atoms with E-state index in [1.54, 1.807) is 0 Å². The lowest BCUT2D eigenvalue weighted by Crippen LogP contribution is -2.30. The molecule has 0 bridgehead atoms. The van der Waals surface area contributed by atoms with E-state index in [4.69, 9.17) is 0 Å². The fraction of sp³-hybridized carbons (Fsp3) is 0.385. The monoisotopic (exact) mass is 295 g/mol. The molecule has 0 spiro atoms. The number of nitro groups is 1. The average molecular weight is 295 g/mol. The Morgan fingerprint density at radius 2 is 2.10 bits per heavy atom. The van der Waals surface area contributed by atoms with Gasteiger partial charge in [-0.2, -0.15) is 0 Å². The minimum absolute atomic E-state index is 0.0325. The van der Waals surface area contributed by atoms with Crippen molar-refractivity contribution in [3.8, 4) is 0 Å². The molecule has 0 radical (unpaired) electrons. The highest BCUT2D eigenvalue weighted by Gasteiger charge is 2.18. The Kier molecular flexibility index (Phi) is 6.12. The Bertz CT molecular complexity index is 545. The Morgan fingerprint density at radius 1 is 1.38 bits per heavy atom. The molecule has 0 aliphatic carbocycles. The SMILES string of the molecule is CCCCNC(=O)Nc1cc([N+](=O)[O-])ccc1C(=O)OC. The number of carbonyl (C=O) groups is 2. The quantitative estimate of drug-likeness (QED) is 0.362. The van der Waals surface area contributed by atoms with Gasteiger partial charge in [0.1, 0.15) is 0 Å². The highest BCUT2D eigenvalue weighted by atomic mass is 16.6. The summed E-state index contributed by atoms with van der Waals surface area (Å²) in [4.78, 5) is 33.4. The van der Waals surface area contributed by atoms with E-state index in [-0.39, 0.29) is 16.9 Å². The number of nitrogens with one attached hydrogen (secondary N) is 2. The zero-order chi connectivity index (χ0) is 15.8. The summed E-state index contributed by atoms with van der Waals surface area (Å²) in [7, 11) is 1.19. The number of nitrogens with zero attached hydrogens (tertiary/aromatic N) is 1. The zero-order valence-electron chi connectivity index (χ0n) is 11.8. The maximum Gasteiger partial charge on any atom is 0.339 e. The van der Waals surface area contributed by atoms with Crippen LogP contribution in [0, 0.1) is 10.1 Å². The van der Waals surface area contributed by atoms with Gasteiger partial charge in [0, 0.05) is 18.7 Å². The van der Waals surface area contributed by atoms with Crippen molar-refractivity contribution in [1.82, 2.24) is 5.32 Å². The van der Waals surface area contributed by atoms with E-state index in [1.807, 2.05) is 6.92 Å². The van der Waals surface area contributed by atoms with Crippen LogP contribution in [0.4, 0.5) is 16.2 Å². The first-order valence-electron chi connectivity index (χ1n) is 6.41. The lowest BCUT2D eigenvalue weighted by atomic mass is 10.1. The molecular formula is C13H17N3O5. The van der Waals surface area contributed by atoms with Crippen LogP contribution in [0.1, 0.15) is 30.1 Å². The third-order valence-corrected chi connectivity index (χ3v) is 2.68. The molecule has 0 saturated heterocycles. The van der Waals surface area contributed by atoms with Crippen LogP contribution in [-0.2, 0) is 4.74 Å². The van der Waals surface area contributed by atoms with Crippen LogP contribution in [0.5, 0.6) is 0 Å². The van der Waals surface area contributed by atoms with Crippen LogP contribution in [0.2, 0.25) is 0 Å². The first-order chi connectivity index (χ1) is 9.99. The molecule has 8 heteroatoms. The van der Waals surface area contributed by atoms with Crippen molar-refractivity contribution < 1.29 is 19.2 Å². The van der Waals surface area contributed by atoms with Gasteiger partial charge in [-0.1, -0.05) is 13.3 Å². The summed E-state index contributed by atoms with van der Waals surface area (Å²) < 4.78 is 4.58. The van der Waals surface area contributed by atoms with Gasteiger partial charge in [-0.3, -0.25) is 10.1 Å². The first-order valence-corrected chi connectivity index (χ1v) is 6.41. The fourth-order valence-electron chi connectivity index (χ4n) is 1.58. The lowest BCUT2D eigenvalue weighted by Gasteiger charge is -2.10. The second kappa shape index (κ2) is 7.83. The molecule has 1 aromatic carbocycles. The Labute approximate surface area is 121 Å². The number of anilines is 1. The number of esters is 1. The van der Waals surface area contributed by atoms with Crippen molar-refractivity contribution >= 4 is 23.4 Å². The minimum atomic E-state index is -0.686. The van der Waals surface area contributed by atoms with Crippen molar-refractivity contribution in [3.63, 3.8) is 0 Å². The second-order valence-corrected chi connectivity index (χ2v) is 4.21. The van der Waals surface area contributed by atoms with Gasteiger partial charge in [-0.05, 0) is 12.5 Å². The van der Waals surface area contributed by atoms with E-state index < -0.39 is 16.9 Å². The van der Waals surface area contributed by atoms with Crippen LogP contribution in [0.25, 0.3) is 0 Å². The van der Waals surface area contributed by atoms with Gasteiger partial charge in [0.25, 0.3) is 5.69 Å². The molecule has 1 rings (SSSR count). The van der Waals surface area contributed by atoms with Crippen molar-refractivity contribution in [3.05, 3.63) is 33.9 Å². The molecular weight excluding hydrogens is 278 g/mol. The molecule has 0 heterocycles. The molecule has 2 N–H and O–H groups in total. The number of non-ortho nitro benzene ring substituents is 1. The third-order valence-electron chi connectivity index (χ3n) is 2.68. The number of carbonyl (C=O) groups excluding carboxylic acids is 2. The Morgan fingerprint density at radius 3 is 2.67 bits per heavy atom. The largest absolute Gasteiger partial charge is 0.465 e. The van der Waals surface area contributed by atoms with Crippen LogP contribution in [-0.4, -0.2) is 30.6 Å². The number of benzene rings is 1. The van der Waals surface area contributed by atoms with Gasteiger partial charge in [-0.15, -0.1) is 0 Å². The number of amides is 2. The van der Waals surface area contributed by atoms with Crippen LogP contribution in [0.3, 0.4) is 0 Å². The number of ether oxygens (including phenoxy) is 1. The molecule has 0 saturated carbocycles. The summed E-state index contributed by atoms with van der Waals surface area (Å²) in [5, 5.41) is 15.8. The van der Waals surface area contributed by atoms with Gasteiger partial charge in [-0.25, -0.2) is 9.59 Å². The smallest absolute Gasteiger partial charge is 0.339 e. The topological polar surface area (TPSA) is 111 Å². The molecule has 0 unspecified atom stereocenters. The van der Waals surface area contributed by atoms with Gasteiger partial charge >= 0.3 is 12.0 Å². The van der Waals surface area contributed by atoms with Crippen LogP contribution < -0.4 is 10.6 Å². The van der Waals surface area contributed by atoms with Gasteiger partial charge in [0.15, 0.2) is 0 Å². The van der Waals surface area contributed by atoms with Crippen LogP contribution >= 0.6 is 0 Å². The summed E-state index contributed by atoms with van der Waals surface area (Å²) >= 11 is 0. The van der Waals surface area contributed by atoms with E-state index in [0.717, 1.165) is 18.9 Å². The average Bonchev–Trinajstić information content (AvgIpc) is 2.46. The highest BCUT2D eigenvalue weighted by Crippen LogP contribution is 2.23. The standard InChI is InChI=1S/C13H17N3O5/c1-3-4-7-14-13(18)15-11-8-9(16(19)20)5-6-10(11)12(17)21-2/h5-6,8H,3-4,7H2,1-2H3,(H2,14,15,18). The van der Waals surface area contributed by atoms with E-state index in [1.165, 1.54) is 19.2 Å². The van der Waals surface area contributed by atoms with Crippen molar-refractivity contribution in [2.24, 2.45) is 0 Å². The normalized spacial score (nSPS) is 9.81. The zero-order valence-corrected chi connectivity index (χ0v) is 11.8. The molecule has 2 amide bonds. The lowest BCUT2D eigenvalue weighted by molar-refractivity contribution is -0.384. The molecule has 0 aromatic heterocycles. The van der Waals surface area contributed by atoms with E-state index in [0.29, 0.717) is 6.54 Å². The highest BCUT2D eigenvalue weighted by molar-refractivity contribution is 6.01. The summed E-state index contributed by atoms with van der Waals surface area (Å²) in [6, 6.07) is 3.00. The molecule has 0 aliphatic rings. The summed E-state index contributed by atoms with van der Waals surface area (Å²) in [6.45, 7) is 2.46. The number of urea groups is 1. The molecule has 21 heavy (non-hydrogen) atoms. The number of methoxy groups -OCH3 is 1. The molecule has 114 valence electrons. The van der Waals surface area contributed by atoms with Gasteiger partial charge in [0.05, 0.1) is 23.3 Å². The van der Waals surface area contributed by atoms with Gasteiger partial charge < -0.3 is 15.4 Å².